The van der Waals surface area contributed by atoms with E-state index in [-0.39, 0.29) is 0 Å². The van der Waals surface area contributed by atoms with E-state index in [4.69, 9.17) is 4.74 Å². The van der Waals surface area contributed by atoms with E-state index in [1.807, 2.05) is 0 Å². The molecule has 0 aromatic heterocycles. The summed E-state index contributed by atoms with van der Waals surface area (Å²) in [5.41, 5.74) is 1.89. The Balaban J connectivity index is 1.80. The first-order valence-electron chi connectivity index (χ1n) is 7.17. The lowest BCUT2D eigenvalue weighted by Crippen LogP contribution is -2.58. The Bertz CT molecular complexity index is 405. The number of hydrogen-bond acceptors (Lipinski definition) is 2. The highest BCUT2D eigenvalue weighted by Crippen LogP contribution is 2.45. The zero-order chi connectivity index (χ0) is 12.4. The Morgan fingerprint density at radius 2 is 1.94 bits per heavy atom. The van der Waals surface area contributed by atoms with Crippen LogP contribution in [0.3, 0.4) is 0 Å². The van der Waals surface area contributed by atoms with Crippen molar-refractivity contribution < 1.29 is 4.74 Å². The Morgan fingerprint density at radius 3 is 2.56 bits per heavy atom. The molecule has 18 heavy (non-hydrogen) atoms. The fourth-order valence-electron chi connectivity index (χ4n) is 3.77. The van der Waals surface area contributed by atoms with Crippen molar-refractivity contribution >= 4 is 0 Å². The van der Waals surface area contributed by atoms with Gasteiger partial charge in [-0.3, -0.25) is 0 Å². The van der Waals surface area contributed by atoms with Gasteiger partial charge in [0, 0.05) is 18.5 Å². The quantitative estimate of drug-likeness (QED) is 0.880. The Labute approximate surface area is 110 Å². The van der Waals surface area contributed by atoms with Gasteiger partial charge < -0.3 is 10.1 Å². The van der Waals surface area contributed by atoms with Crippen LogP contribution in [0, 0.1) is 11.3 Å². The summed E-state index contributed by atoms with van der Waals surface area (Å²) in [7, 11) is 1.78. The molecule has 1 aromatic rings. The highest BCUT2D eigenvalue weighted by molar-refractivity contribution is 5.34. The van der Waals surface area contributed by atoms with Crippen LogP contribution in [-0.4, -0.2) is 20.2 Å². The fraction of sp³-hybridized carbons (Fsp3) is 0.625. The number of nitrogens with one attached hydrogen (secondary N) is 1. The van der Waals surface area contributed by atoms with Gasteiger partial charge in [0.05, 0.1) is 7.11 Å². The normalized spacial score (nSPS) is 22.7. The third-order valence-electron chi connectivity index (χ3n) is 4.91. The van der Waals surface area contributed by atoms with Gasteiger partial charge >= 0.3 is 0 Å². The van der Waals surface area contributed by atoms with Crippen molar-refractivity contribution in [2.75, 3.05) is 20.2 Å². The predicted molar refractivity (Wildman–Crippen MR) is 74.0 cm³/mol. The number of benzene rings is 1. The van der Waals surface area contributed by atoms with Crippen LogP contribution >= 0.6 is 0 Å². The van der Waals surface area contributed by atoms with Gasteiger partial charge in [-0.1, -0.05) is 31.0 Å². The van der Waals surface area contributed by atoms with Crippen molar-refractivity contribution in [1.29, 1.82) is 0 Å². The molecule has 98 valence electrons. The largest absolute Gasteiger partial charge is 0.496 e. The smallest absolute Gasteiger partial charge is 0.122 e. The second kappa shape index (κ2) is 4.93. The van der Waals surface area contributed by atoms with Crippen molar-refractivity contribution in [2.45, 2.75) is 32.1 Å². The lowest BCUT2D eigenvalue weighted by molar-refractivity contribution is 0.0804. The summed E-state index contributed by atoms with van der Waals surface area (Å²) in [4.78, 5) is 0. The molecule has 1 heterocycles. The monoisotopic (exact) mass is 245 g/mol. The number of hydrogen-bond donors (Lipinski definition) is 1. The summed E-state index contributed by atoms with van der Waals surface area (Å²) in [6.07, 6.45) is 6.89. The summed E-state index contributed by atoms with van der Waals surface area (Å²) >= 11 is 0. The zero-order valence-electron chi connectivity index (χ0n) is 11.2. The summed E-state index contributed by atoms with van der Waals surface area (Å²) in [5, 5.41) is 3.50. The first kappa shape index (κ1) is 12.0. The second-order valence-corrected chi connectivity index (χ2v) is 5.94. The molecule has 1 aliphatic heterocycles. The van der Waals surface area contributed by atoms with Gasteiger partial charge in [0.1, 0.15) is 5.75 Å². The summed E-state index contributed by atoms with van der Waals surface area (Å²) in [6, 6.07) is 8.51. The molecular weight excluding hydrogens is 222 g/mol. The maximum Gasteiger partial charge on any atom is 0.122 e. The summed E-state index contributed by atoms with van der Waals surface area (Å²) < 4.78 is 5.50. The molecule has 2 heteroatoms. The fourth-order valence-corrected chi connectivity index (χ4v) is 3.77. The Kier molecular flexibility index (Phi) is 3.29. The van der Waals surface area contributed by atoms with Crippen molar-refractivity contribution in [2.24, 2.45) is 11.3 Å². The van der Waals surface area contributed by atoms with Gasteiger partial charge in [-0.15, -0.1) is 0 Å². The minimum Gasteiger partial charge on any atom is -0.496 e. The van der Waals surface area contributed by atoms with E-state index >= 15 is 0 Å². The molecule has 1 N–H and O–H groups in total. The topological polar surface area (TPSA) is 21.3 Å². The molecule has 1 saturated carbocycles. The maximum absolute atomic E-state index is 5.50. The van der Waals surface area contributed by atoms with Crippen molar-refractivity contribution in [3.63, 3.8) is 0 Å². The van der Waals surface area contributed by atoms with E-state index in [9.17, 15) is 0 Å². The molecule has 2 fully saturated rings. The molecule has 0 bridgehead atoms. The lowest BCUT2D eigenvalue weighted by Gasteiger charge is -2.48. The van der Waals surface area contributed by atoms with Crippen molar-refractivity contribution in [1.82, 2.24) is 5.32 Å². The van der Waals surface area contributed by atoms with Gasteiger partial charge in [-0.05, 0) is 36.8 Å². The molecule has 2 aliphatic rings. The van der Waals surface area contributed by atoms with E-state index in [0.717, 1.165) is 11.7 Å². The highest BCUT2D eigenvalue weighted by atomic mass is 16.5. The second-order valence-electron chi connectivity index (χ2n) is 5.94. The van der Waals surface area contributed by atoms with Crippen LogP contribution in [0.1, 0.15) is 31.2 Å². The highest BCUT2D eigenvalue weighted by Gasteiger charge is 2.45. The van der Waals surface area contributed by atoms with Crippen molar-refractivity contribution in [3.8, 4) is 5.75 Å². The van der Waals surface area contributed by atoms with E-state index in [1.54, 1.807) is 7.11 Å². The average molecular weight is 245 g/mol. The minimum absolute atomic E-state index is 0.505. The number of ether oxygens (including phenoxy) is 1. The third kappa shape index (κ3) is 2.03. The van der Waals surface area contributed by atoms with Crippen LogP contribution in [0.25, 0.3) is 0 Å². The van der Waals surface area contributed by atoms with Gasteiger partial charge in [-0.2, -0.15) is 0 Å². The summed E-state index contributed by atoms with van der Waals surface area (Å²) in [6.45, 7) is 2.38. The lowest BCUT2D eigenvalue weighted by atomic mass is 9.66. The third-order valence-corrected chi connectivity index (χ3v) is 4.91. The number of rotatable bonds is 4. The predicted octanol–water partition coefficient (Wildman–Crippen LogP) is 3.02. The molecular formula is C16H23NO. The molecule has 1 aliphatic carbocycles. The van der Waals surface area contributed by atoms with Crippen LogP contribution in [0.5, 0.6) is 5.75 Å². The average Bonchev–Trinajstić information content (AvgIpc) is 2.88. The number of para-hydroxylation sites is 1. The molecule has 0 amide bonds. The van der Waals surface area contributed by atoms with Crippen LogP contribution in [0.4, 0.5) is 0 Å². The van der Waals surface area contributed by atoms with Crippen LogP contribution in [0.2, 0.25) is 0 Å². The Hall–Kier alpha value is -1.02. The van der Waals surface area contributed by atoms with Gasteiger partial charge in [-0.25, -0.2) is 0 Å². The molecule has 0 radical (unpaired) electrons. The van der Waals surface area contributed by atoms with E-state index in [0.29, 0.717) is 5.41 Å². The zero-order valence-corrected chi connectivity index (χ0v) is 11.2. The van der Waals surface area contributed by atoms with E-state index in [2.05, 4.69) is 29.6 Å². The molecule has 2 nitrogen and oxygen atoms in total. The molecule has 0 unspecified atom stereocenters. The minimum atomic E-state index is 0.505. The molecule has 0 atom stereocenters. The van der Waals surface area contributed by atoms with Crippen LogP contribution < -0.4 is 10.1 Å². The molecule has 1 saturated heterocycles. The van der Waals surface area contributed by atoms with Gasteiger partial charge in [0.15, 0.2) is 0 Å². The van der Waals surface area contributed by atoms with Gasteiger partial charge in [0.25, 0.3) is 0 Å². The van der Waals surface area contributed by atoms with E-state index in [1.165, 1.54) is 50.8 Å². The first-order chi connectivity index (χ1) is 8.84. The number of methoxy groups -OCH3 is 1. The van der Waals surface area contributed by atoms with Crippen LogP contribution in [-0.2, 0) is 6.42 Å². The Morgan fingerprint density at radius 1 is 1.22 bits per heavy atom. The maximum atomic E-state index is 5.50. The summed E-state index contributed by atoms with van der Waals surface area (Å²) in [5.74, 6) is 1.98. The molecule has 3 rings (SSSR count). The van der Waals surface area contributed by atoms with E-state index < -0.39 is 0 Å². The van der Waals surface area contributed by atoms with Gasteiger partial charge in [0.2, 0.25) is 0 Å². The molecule has 0 spiro atoms. The van der Waals surface area contributed by atoms with Crippen molar-refractivity contribution in [3.05, 3.63) is 29.8 Å². The SMILES string of the molecule is COc1ccccc1CC1(C2CCCC2)CNC1. The first-order valence-corrected chi connectivity index (χ1v) is 7.17. The van der Waals surface area contributed by atoms with Crippen LogP contribution in [0.15, 0.2) is 24.3 Å². The molecule has 1 aromatic carbocycles. The standard InChI is InChI=1S/C16H23NO/c1-18-15-9-5-2-6-13(15)10-16(11-17-12-16)14-7-3-4-8-14/h2,5-6,9,14,17H,3-4,7-8,10-12H2,1H3.